The van der Waals surface area contributed by atoms with E-state index in [1.165, 1.54) is 6.42 Å². The summed E-state index contributed by atoms with van der Waals surface area (Å²) in [4.78, 5) is 17.6. The van der Waals surface area contributed by atoms with Crippen LogP contribution in [0, 0.1) is 5.92 Å². The number of carbonyl (C=O) groups excluding carboxylic acids is 1. The summed E-state index contributed by atoms with van der Waals surface area (Å²) in [5, 5.41) is 6.58. The summed E-state index contributed by atoms with van der Waals surface area (Å²) in [6, 6.07) is 10.0. The highest BCUT2D eigenvalue weighted by molar-refractivity contribution is 5.83. The van der Waals surface area contributed by atoms with E-state index in [2.05, 4.69) is 39.6 Å². The van der Waals surface area contributed by atoms with Gasteiger partial charge in [0.25, 0.3) is 0 Å². The van der Waals surface area contributed by atoms with Gasteiger partial charge in [0, 0.05) is 32.7 Å². The number of piperazine rings is 1. The lowest BCUT2D eigenvalue weighted by Gasteiger charge is -2.37. The second kappa shape index (κ2) is 8.60. The third-order valence-electron chi connectivity index (χ3n) is 5.28. The normalized spacial score (nSPS) is 24.0. The molecule has 5 nitrogen and oxygen atoms in total. The van der Waals surface area contributed by atoms with Gasteiger partial charge in [-0.25, -0.2) is 0 Å². The molecule has 3 rings (SSSR count). The molecule has 2 unspecified atom stereocenters. The molecule has 0 bridgehead atoms. The molecule has 5 heteroatoms. The molecule has 0 spiro atoms. The Morgan fingerprint density at radius 1 is 1.25 bits per heavy atom. The molecule has 24 heavy (non-hydrogen) atoms. The fourth-order valence-electron chi connectivity index (χ4n) is 3.70. The minimum absolute atomic E-state index is 0.150. The standard InChI is InChI=1S/C19H30N4O/c1-22-11-13-23(14-12-22)18(17-5-3-2-4-6-17)19(24)21-10-8-16-7-9-20-15-16/h2-6,16,18,20H,7-15H2,1H3,(H,21,24). The molecule has 2 aliphatic heterocycles. The second-order valence-electron chi connectivity index (χ2n) is 7.09. The molecule has 0 saturated carbocycles. The molecule has 0 aliphatic carbocycles. The van der Waals surface area contributed by atoms with Crippen LogP contribution in [0.5, 0.6) is 0 Å². The zero-order chi connectivity index (χ0) is 16.8. The summed E-state index contributed by atoms with van der Waals surface area (Å²) >= 11 is 0. The van der Waals surface area contributed by atoms with Crippen LogP contribution in [0.1, 0.15) is 24.4 Å². The van der Waals surface area contributed by atoms with Gasteiger partial charge in [-0.15, -0.1) is 0 Å². The van der Waals surface area contributed by atoms with Crippen LogP contribution >= 0.6 is 0 Å². The first-order chi connectivity index (χ1) is 11.7. The Morgan fingerprint density at radius 3 is 2.67 bits per heavy atom. The Bertz CT molecular complexity index is 507. The van der Waals surface area contributed by atoms with Crippen LogP contribution in [0.4, 0.5) is 0 Å². The number of hydrogen-bond donors (Lipinski definition) is 2. The molecular weight excluding hydrogens is 300 g/mol. The van der Waals surface area contributed by atoms with E-state index in [4.69, 9.17) is 0 Å². The Labute approximate surface area is 145 Å². The molecule has 132 valence electrons. The molecule has 2 aliphatic rings. The topological polar surface area (TPSA) is 47.6 Å². The van der Waals surface area contributed by atoms with Crippen molar-refractivity contribution in [2.75, 3.05) is 52.9 Å². The van der Waals surface area contributed by atoms with Crippen LogP contribution in [0.25, 0.3) is 0 Å². The lowest BCUT2D eigenvalue weighted by molar-refractivity contribution is -0.127. The van der Waals surface area contributed by atoms with Crippen molar-refractivity contribution in [3.8, 4) is 0 Å². The van der Waals surface area contributed by atoms with Gasteiger partial charge in [0.05, 0.1) is 0 Å². The Balaban J connectivity index is 1.61. The predicted octanol–water partition coefficient (Wildman–Crippen LogP) is 1.09. The van der Waals surface area contributed by atoms with Gasteiger partial charge < -0.3 is 15.5 Å². The van der Waals surface area contributed by atoms with Crippen molar-refractivity contribution < 1.29 is 4.79 Å². The number of nitrogens with one attached hydrogen (secondary N) is 2. The summed E-state index contributed by atoms with van der Waals surface area (Å²) in [6.07, 6.45) is 2.30. The van der Waals surface area contributed by atoms with Gasteiger partial charge in [-0.05, 0) is 44.5 Å². The summed E-state index contributed by atoms with van der Waals surface area (Å²) < 4.78 is 0. The molecule has 1 aromatic rings. The van der Waals surface area contributed by atoms with Gasteiger partial charge in [0.1, 0.15) is 6.04 Å². The molecule has 2 heterocycles. The van der Waals surface area contributed by atoms with Crippen LogP contribution < -0.4 is 10.6 Å². The first-order valence-corrected chi connectivity index (χ1v) is 9.20. The maximum absolute atomic E-state index is 12.9. The maximum atomic E-state index is 12.9. The SMILES string of the molecule is CN1CCN(C(C(=O)NCCC2CCNC2)c2ccccc2)CC1. The Kier molecular flexibility index (Phi) is 6.24. The molecule has 1 aromatic carbocycles. The fourth-order valence-corrected chi connectivity index (χ4v) is 3.70. The van der Waals surface area contributed by atoms with Crippen molar-refractivity contribution in [3.63, 3.8) is 0 Å². The number of likely N-dealkylation sites (N-methyl/N-ethyl adjacent to an activating group) is 1. The van der Waals surface area contributed by atoms with Gasteiger partial charge in [-0.1, -0.05) is 30.3 Å². The lowest BCUT2D eigenvalue weighted by Crippen LogP contribution is -2.50. The number of carbonyl (C=O) groups is 1. The first kappa shape index (κ1) is 17.4. The second-order valence-corrected chi connectivity index (χ2v) is 7.09. The van der Waals surface area contributed by atoms with E-state index in [0.29, 0.717) is 5.92 Å². The zero-order valence-corrected chi connectivity index (χ0v) is 14.7. The third-order valence-corrected chi connectivity index (χ3v) is 5.28. The molecule has 2 saturated heterocycles. The van der Waals surface area contributed by atoms with Crippen molar-refractivity contribution in [1.29, 1.82) is 0 Å². The summed E-state index contributed by atoms with van der Waals surface area (Å²) in [5.74, 6) is 0.862. The van der Waals surface area contributed by atoms with Gasteiger partial charge in [-0.2, -0.15) is 0 Å². The Morgan fingerprint density at radius 2 is 2.00 bits per heavy atom. The first-order valence-electron chi connectivity index (χ1n) is 9.20. The van der Waals surface area contributed by atoms with Crippen molar-refractivity contribution in [3.05, 3.63) is 35.9 Å². The number of rotatable bonds is 6. The third kappa shape index (κ3) is 4.56. The van der Waals surface area contributed by atoms with Crippen LogP contribution in [0.2, 0.25) is 0 Å². The molecule has 2 atom stereocenters. The number of amides is 1. The predicted molar refractivity (Wildman–Crippen MR) is 96.9 cm³/mol. The molecular formula is C19H30N4O. The quantitative estimate of drug-likeness (QED) is 0.820. The summed E-state index contributed by atoms with van der Waals surface area (Å²) in [6.45, 7) is 6.91. The van der Waals surface area contributed by atoms with Gasteiger partial charge >= 0.3 is 0 Å². The molecule has 1 amide bonds. The van der Waals surface area contributed by atoms with E-state index in [1.54, 1.807) is 0 Å². The smallest absolute Gasteiger partial charge is 0.241 e. The number of benzene rings is 1. The van der Waals surface area contributed by atoms with Crippen molar-refractivity contribution in [1.82, 2.24) is 20.4 Å². The molecule has 2 fully saturated rings. The maximum Gasteiger partial charge on any atom is 0.241 e. The minimum atomic E-state index is -0.165. The number of nitrogens with zero attached hydrogens (tertiary/aromatic N) is 2. The van der Waals surface area contributed by atoms with Gasteiger partial charge in [-0.3, -0.25) is 9.69 Å². The monoisotopic (exact) mass is 330 g/mol. The van der Waals surface area contributed by atoms with Crippen molar-refractivity contribution in [2.45, 2.75) is 18.9 Å². The summed E-state index contributed by atoms with van der Waals surface area (Å²) in [7, 11) is 2.14. The highest BCUT2D eigenvalue weighted by Crippen LogP contribution is 2.22. The van der Waals surface area contributed by atoms with E-state index >= 15 is 0 Å². The van der Waals surface area contributed by atoms with Crippen molar-refractivity contribution >= 4 is 5.91 Å². The summed E-state index contributed by atoms with van der Waals surface area (Å²) in [5.41, 5.74) is 1.10. The van der Waals surface area contributed by atoms with Gasteiger partial charge in [0.15, 0.2) is 0 Å². The minimum Gasteiger partial charge on any atom is -0.354 e. The van der Waals surface area contributed by atoms with Crippen LogP contribution in [0.3, 0.4) is 0 Å². The molecule has 0 radical (unpaired) electrons. The van der Waals surface area contributed by atoms with E-state index in [-0.39, 0.29) is 11.9 Å². The average molecular weight is 330 g/mol. The Hall–Kier alpha value is -1.43. The van der Waals surface area contributed by atoms with E-state index in [1.807, 2.05) is 18.2 Å². The van der Waals surface area contributed by atoms with Crippen molar-refractivity contribution in [2.24, 2.45) is 5.92 Å². The lowest BCUT2D eigenvalue weighted by atomic mass is 10.0. The highest BCUT2D eigenvalue weighted by atomic mass is 16.2. The highest BCUT2D eigenvalue weighted by Gasteiger charge is 2.29. The van der Waals surface area contributed by atoms with E-state index in [9.17, 15) is 4.79 Å². The van der Waals surface area contributed by atoms with Crippen LogP contribution in [-0.4, -0.2) is 68.6 Å². The molecule has 2 N–H and O–H groups in total. The van der Waals surface area contributed by atoms with E-state index in [0.717, 1.165) is 57.8 Å². The largest absolute Gasteiger partial charge is 0.354 e. The van der Waals surface area contributed by atoms with E-state index < -0.39 is 0 Å². The average Bonchev–Trinajstić information content (AvgIpc) is 3.11. The van der Waals surface area contributed by atoms with Gasteiger partial charge in [0.2, 0.25) is 5.91 Å². The van der Waals surface area contributed by atoms with Crippen LogP contribution in [-0.2, 0) is 4.79 Å². The number of hydrogen-bond acceptors (Lipinski definition) is 4. The fraction of sp³-hybridized carbons (Fsp3) is 0.632. The van der Waals surface area contributed by atoms with Crippen LogP contribution in [0.15, 0.2) is 30.3 Å². The molecule has 0 aromatic heterocycles. The zero-order valence-electron chi connectivity index (χ0n) is 14.7.